The van der Waals surface area contributed by atoms with E-state index in [1.807, 2.05) is 13.8 Å². The molecule has 1 aliphatic heterocycles. The Kier molecular flexibility index (Phi) is 5.73. The molecule has 1 amide bonds. The number of aromatic amines is 1. The zero-order valence-electron chi connectivity index (χ0n) is 13.4. The van der Waals surface area contributed by atoms with Gasteiger partial charge in [0, 0.05) is 19.0 Å². The van der Waals surface area contributed by atoms with Crippen LogP contribution in [0.5, 0.6) is 0 Å². The minimum Gasteiger partial charge on any atom is -0.349 e. The molecule has 2 N–H and O–H groups in total. The SMILES string of the molecule is CC(CNC(=O)c1n[nH]c(C(C)C)n1)CN1CCCCC1. The average Bonchev–Trinajstić information content (AvgIpc) is 2.96. The number of rotatable bonds is 6. The number of carbonyl (C=O) groups is 1. The van der Waals surface area contributed by atoms with Gasteiger partial charge in [-0.3, -0.25) is 9.89 Å². The predicted molar refractivity (Wildman–Crippen MR) is 82.3 cm³/mol. The van der Waals surface area contributed by atoms with Gasteiger partial charge < -0.3 is 10.2 Å². The number of amides is 1. The zero-order valence-corrected chi connectivity index (χ0v) is 13.4. The molecule has 6 nitrogen and oxygen atoms in total. The lowest BCUT2D eigenvalue weighted by Crippen LogP contribution is -2.38. The number of piperidine rings is 1. The van der Waals surface area contributed by atoms with E-state index in [0.717, 1.165) is 12.4 Å². The molecule has 1 fully saturated rings. The Morgan fingerprint density at radius 2 is 2.00 bits per heavy atom. The third kappa shape index (κ3) is 4.81. The molecule has 21 heavy (non-hydrogen) atoms. The first-order valence-corrected chi connectivity index (χ1v) is 7.99. The van der Waals surface area contributed by atoms with Gasteiger partial charge in [-0.2, -0.15) is 0 Å². The minimum atomic E-state index is -0.191. The van der Waals surface area contributed by atoms with Crippen LogP contribution in [0.4, 0.5) is 0 Å². The van der Waals surface area contributed by atoms with E-state index in [4.69, 9.17) is 0 Å². The summed E-state index contributed by atoms with van der Waals surface area (Å²) in [5.41, 5.74) is 0. The molecular formula is C15H27N5O. The van der Waals surface area contributed by atoms with Crippen LogP contribution in [0.3, 0.4) is 0 Å². The van der Waals surface area contributed by atoms with Crippen LogP contribution >= 0.6 is 0 Å². The van der Waals surface area contributed by atoms with Gasteiger partial charge >= 0.3 is 0 Å². The Labute approximate surface area is 126 Å². The van der Waals surface area contributed by atoms with Crippen molar-refractivity contribution in [2.45, 2.75) is 46.0 Å². The number of likely N-dealkylation sites (tertiary alicyclic amines) is 1. The van der Waals surface area contributed by atoms with E-state index in [1.54, 1.807) is 0 Å². The fraction of sp³-hybridized carbons (Fsp3) is 0.800. The lowest BCUT2D eigenvalue weighted by Gasteiger charge is -2.29. The first-order valence-electron chi connectivity index (χ1n) is 7.99. The monoisotopic (exact) mass is 293 g/mol. The number of nitrogens with zero attached hydrogens (tertiary/aromatic N) is 3. The highest BCUT2D eigenvalue weighted by Crippen LogP contribution is 2.11. The number of H-pyrrole nitrogens is 1. The van der Waals surface area contributed by atoms with E-state index in [2.05, 4.69) is 32.3 Å². The topological polar surface area (TPSA) is 73.9 Å². The van der Waals surface area contributed by atoms with Crippen LogP contribution < -0.4 is 5.32 Å². The maximum atomic E-state index is 12.0. The lowest BCUT2D eigenvalue weighted by atomic mass is 10.1. The molecule has 6 heteroatoms. The molecule has 1 atom stereocenters. The maximum Gasteiger partial charge on any atom is 0.290 e. The van der Waals surface area contributed by atoms with Gasteiger partial charge in [0.1, 0.15) is 5.82 Å². The normalized spacial score (nSPS) is 17.9. The van der Waals surface area contributed by atoms with E-state index in [0.29, 0.717) is 12.5 Å². The number of nitrogens with one attached hydrogen (secondary N) is 2. The third-order valence-electron chi connectivity index (χ3n) is 3.88. The summed E-state index contributed by atoms with van der Waals surface area (Å²) in [5, 5.41) is 9.71. The van der Waals surface area contributed by atoms with E-state index in [9.17, 15) is 4.79 Å². The van der Waals surface area contributed by atoms with Crippen LogP contribution in [0.1, 0.15) is 62.4 Å². The largest absolute Gasteiger partial charge is 0.349 e. The van der Waals surface area contributed by atoms with Gasteiger partial charge in [-0.25, -0.2) is 4.98 Å². The van der Waals surface area contributed by atoms with Gasteiger partial charge in [0.25, 0.3) is 5.91 Å². The summed E-state index contributed by atoms with van der Waals surface area (Å²) in [7, 11) is 0. The molecule has 0 aromatic carbocycles. The molecule has 118 valence electrons. The van der Waals surface area contributed by atoms with Crippen molar-refractivity contribution in [2.75, 3.05) is 26.2 Å². The molecule has 0 saturated carbocycles. The van der Waals surface area contributed by atoms with E-state index >= 15 is 0 Å². The van der Waals surface area contributed by atoms with Crippen LogP contribution in [0.15, 0.2) is 0 Å². The quantitative estimate of drug-likeness (QED) is 0.838. The van der Waals surface area contributed by atoms with Crippen molar-refractivity contribution in [3.63, 3.8) is 0 Å². The molecular weight excluding hydrogens is 266 g/mol. The average molecular weight is 293 g/mol. The summed E-state index contributed by atoms with van der Waals surface area (Å²) in [6.07, 6.45) is 3.95. The van der Waals surface area contributed by atoms with E-state index in [1.165, 1.54) is 32.4 Å². The molecule has 1 unspecified atom stereocenters. The molecule has 0 spiro atoms. The summed E-state index contributed by atoms with van der Waals surface area (Å²) in [5.74, 6) is 1.49. The van der Waals surface area contributed by atoms with E-state index in [-0.39, 0.29) is 17.6 Å². The second-order valence-electron chi connectivity index (χ2n) is 6.38. The molecule has 2 heterocycles. The molecule has 2 rings (SSSR count). The summed E-state index contributed by atoms with van der Waals surface area (Å²) in [6, 6.07) is 0. The van der Waals surface area contributed by atoms with Crippen molar-refractivity contribution >= 4 is 5.91 Å². The summed E-state index contributed by atoms with van der Waals surface area (Å²) in [4.78, 5) is 18.7. The van der Waals surface area contributed by atoms with Gasteiger partial charge in [0.15, 0.2) is 0 Å². The van der Waals surface area contributed by atoms with Crippen LogP contribution in [-0.2, 0) is 0 Å². The zero-order chi connectivity index (χ0) is 15.2. The van der Waals surface area contributed by atoms with Gasteiger partial charge in [-0.15, -0.1) is 5.10 Å². The minimum absolute atomic E-state index is 0.191. The Hall–Kier alpha value is -1.43. The first-order chi connectivity index (χ1) is 10.1. The number of hydrogen-bond acceptors (Lipinski definition) is 4. The Morgan fingerprint density at radius 3 is 2.62 bits per heavy atom. The van der Waals surface area contributed by atoms with Crippen molar-refractivity contribution in [1.82, 2.24) is 25.4 Å². The second kappa shape index (κ2) is 7.54. The van der Waals surface area contributed by atoms with Crippen LogP contribution in [-0.4, -0.2) is 52.2 Å². The Balaban J connectivity index is 1.74. The molecule has 1 aromatic rings. The van der Waals surface area contributed by atoms with Crippen molar-refractivity contribution in [1.29, 1.82) is 0 Å². The Bertz CT molecular complexity index is 451. The summed E-state index contributed by atoms with van der Waals surface area (Å²) in [6.45, 7) is 10.3. The van der Waals surface area contributed by atoms with Gasteiger partial charge in [0.2, 0.25) is 5.82 Å². The van der Waals surface area contributed by atoms with Gasteiger partial charge in [-0.1, -0.05) is 27.2 Å². The maximum absolute atomic E-state index is 12.0. The van der Waals surface area contributed by atoms with Gasteiger partial charge in [-0.05, 0) is 31.8 Å². The molecule has 1 aliphatic rings. The van der Waals surface area contributed by atoms with Crippen LogP contribution in [0.2, 0.25) is 0 Å². The van der Waals surface area contributed by atoms with Crippen molar-refractivity contribution < 1.29 is 4.79 Å². The second-order valence-corrected chi connectivity index (χ2v) is 6.38. The number of carbonyl (C=O) groups excluding carboxylic acids is 1. The highest BCUT2D eigenvalue weighted by molar-refractivity contribution is 5.90. The van der Waals surface area contributed by atoms with Crippen molar-refractivity contribution in [3.05, 3.63) is 11.6 Å². The fourth-order valence-electron chi connectivity index (χ4n) is 2.63. The lowest BCUT2D eigenvalue weighted by molar-refractivity contribution is 0.0932. The third-order valence-corrected chi connectivity index (χ3v) is 3.88. The molecule has 1 aromatic heterocycles. The molecule has 0 bridgehead atoms. The van der Waals surface area contributed by atoms with E-state index < -0.39 is 0 Å². The first kappa shape index (κ1) is 15.9. The smallest absolute Gasteiger partial charge is 0.290 e. The van der Waals surface area contributed by atoms with Gasteiger partial charge in [0.05, 0.1) is 0 Å². The van der Waals surface area contributed by atoms with Crippen molar-refractivity contribution in [2.24, 2.45) is 5.92 Å². The highest BCUT2D eigenvalue weighted by Gasteiger charge is 2.17. The summed E-state index contributed by atoms with van der Waals surface area (Å²) < 4.78 is 0. The predicted octanol–water partition coefficient (Wildman–Crippen LogP) is 1.78. The highest BCUT2D eigenvalue weighted by atomic mass is 16.2. The summed E-state index contributed by atoms with van der Waals surface area (Å²) >= 11 is 0. The van der Waals surface area contributed by atoms with Crippen LogP contribution in [0, 0.1) is 5.92 Å². The molecule has 0 aliphatic carbocycles. The molecule has 1 saturated heterocycles. The molecule has 0 radical (unpaired) electrons. The van der Waals surface area contributed by atoms with Crippen molar-refractivity contribution in [3.8, 4) is 0 Å². The number of aromatic nitrogens is 3. The fourth-order valence-corrected chi connectivity index (χ4v) is 2.63. The number of hydrogen-bond donors (Lipinski definition) is 2. The van der Waals surface area contributed by atoms with Crippen LogP contribution in [0.25, 0.3) is 0 Å². The Morgan fingerprint density at radius 1 is 1.29 bits per heavy atom. The standard InChI is InChI=1S/C15H27N5O/c1-11(2)13-17-14(19-18-13)15(21)16-9-12(3)10-20-7-5-4-6-8-20/h11-12H,4-10H2,1-3H3,(H,16,21)(H,17,18,19).